The average Bonchev–Trinajstić information content (AvgIpc) is 3.11. The smallest absolute Gasteiger partial charge is 0.258 e. The number of rotatable bonds is 6. The summed E-state index contributed by atoms with van der Waals surface area (Å²) in [5.41, 5.74) is 5.54. The fourth-order valence-corrected chi connectivity index (χ4v) is 2.95. The molecule has 1 unspecified atom stereocenters. The maximum Gasteiger partial charge on any atom is 0.270 e. The lowest BCUT2D eigenvalue weighted by atomic mass is 10.0. The van der Waals surface area contributed by atoms with Gasteiger partial charge in [0.05, 0.1) is 10.6 Å². The molecule has 0 aliphatic rings. The Bertz CT molecular complexity index is 893. The first-order valence-electron chi connectivity index (χ1n) is 7.68. The van der Waals surface area contributed by atoms with E-state index in [1.54, 1.807) is 12.1 Å². The third-order valence-corrected chi connectivity index (χ3v) is 4.39. The fraction of sp³-hybridized carbons (Fsp3) is 0.111. The van der Waals surface area contributed by atoms with Crippen molar-refractivity contribution in [1.82, 2.24) is 4.98 Å². The van der Waals surface area contributed by atoms with Crippen molar-refractivity contribution in [1.29, 1.82) is 0 Å². The molecule has 6 nitrogen and oxygen atoms in total. The van der Waals surface area contributed by atoms with Crippen LogP contribution >= 0.6 is 11.3 Å². The molecule has 0 aliphatic carbocycles. The number of non-ortho nitro benzene ring substituents is 1. The molecule has 0 fully saturated rings. The van der Waals surface area contributed by atoms with E-state index in [4.69, 9.17) is 0 Å². The molecule has 0 aliphatic heterocycles. The zero-order chi connectivity index (χ0) is 17.6. The highest BCUT2D eigenvalue weighted by atomic mass is 32.1. The molecular formula is C18H16N4O2S. The molecule has 0 bridgehead atoms. The number of thiazole rings is 1. The van der Waals surface area contributed by atoms with E-state index in [9.17, 15) is 10.1 Å². The Kier molecular flexibility index (Phi) is 5.15. The van der Waals surface area contributed by atoms with Crippen LogP contribution in [0.5, 0.6) is 0 Å². The van der Waals surface area contributed by atoms with Crippen molar-refractivity contribution in [3.63, 3.8) is 0 Å². The predicted octanol–water partition coefficient (Wildman–Crippen LogP) is 4.92. The number of aromatic nitrogens is 1. The Labute approximate surface area is 149 Å². The molecule has 0 saturated carbocycles. The second-order valence-electron chi connectivity index (χ2n) is 5.43. The first kappa shape index (κ1) is 16.8. The van der Waals surface area contributed by atoms with Crippen LogP contribution in [0.2, 0.25) is 0 Å². The maximum absolute atomic E-state index is 10.9. The minimum absolute atomic E-state index is 0.0507. The number of hydrazone groups is 1. The number of hydrogen-bond donors (Lipinski definition) is 1. The first-order valence-corrected chi connectivity index (χ1v) is 8.56. The van der Waals surface area contributed by atoms with Crippen molar-refractivity contribution in [2.75, 3.05) is 5.43 Å². The van der Waals surface area contributed by atoms with Gasteiger partial charge < -0.3 is 0 Å². The molecule has 0 radical (unpaired) electrons. The predicted molar refractivity (Wildman–Crippen MR) is 101 cm³/mol. The highest BCUT2D eigenvalue weighted by Crippen LogP contribution is 2.27. The standard InChI is InChI=1S/C18H16N4O2S/c1-13(14-6-3-2-4-7-14)11-19-21-18-20-17(12-25-18)15-8-5-9-16(10-15)22(23)24/h2-13H,1H3,(H,20,21)/b19-11-. The molecule has 0 saturated heterocycles. The molecule has 0 amide bonds. The summed E-state index contributed by atoms with van der Waals surface area (Å²) in [6.07, 6.45) is 1.82. The van der Waals surface area contributed by atoms with Crippen molar-refractivity contribution < 1.29 is 4.92 Å². The van der Waals surface area contributed by atoms with Gasteiger partial charge in [0.1, 0.15) is 0 Å². The number of anilines is 1. The van der Waals surface area contributed by atoms with Crippen LogP contribution in [-0.2, 0) is 0 Å². The highest BCUT2D eigenvalue weighted by Gasteiger charge is 2.09. The lowest BCUT2D eigenvalue weighted by Gasteiger charge is -2.04. The van der Waals surface area contributed by atoms with E-state index < -0.39 is 4.92 Å². The minimum atomic E-state index is -0.412. The van der Waals surface area contributed by atoms with Crippen molar-refractivity contribution in [2.24, 2.45) is 5.10 Å². The van der Waals surface area contributed by atoms with Crippen molar-refractivity contribution in [3.05, 3.63) is 75.7 Å². The van der Waals surface area contributed by atoms with Gasteiger partial charge in [-0.05, 0) is 5.56 Å². The molecular weight excluding hydrogens is 336 g/mol. The van der Waals surface area contributed by atoms with E-state index in [-0.39, 0.29) is 11.6 Å². The Hall–Kier alpha value is -3.06. The normalized spacial score (nSPS) is 12.2. The summed E-state index contributed by atoms with van der Waals surface area (Å²) in [4.78, 5) is 14.9. The number of hydrogen-bond acceptors (Lipinski definition) is 6. The summed E-state index contributed by atoms with van der Waals surface area (Å²) < 4.78 is 0. The summed E-state index contributed by atoms with van der Waals surface area (Å²) >= 11 is 1.40. The molecule has 7 heteroatoms. The highest BCUT2D eigenvalue weighted by molar-refractivity contribution is 7.14. The fourth-order valence-electron chi connectivity index (χ4n) is 2.28. The van der Waals surface area contributed by atoms with Crippen LogP contribution in [0.3, 0.4) is 0 Å². The zero-order valence-corrected chi connectivity index (χ0v) is 14.3. The van der Waals surface area contributed by atoms with Gasteiger partial charge in [-0.25, -0.2) is 4.98 Å². The summed E-state index contributed by atoms with van der Waals surface area (Å²) in [6.45, 7) is 2.07. The van der Waals surface area contributed by atoms with Crippen LogP contribution < -0.4 is 5.43 Å². The van der Waals surface area contributed by atoms with E-state index in [1.165, 1.54) is 29.0 Å². The summed E-state index contributed by atoms with van der Waals surface area (Å²) in [7, 11) is 0. The number of nitrogens with zero attached hydrogens (tertiary/aromatic N) is 3. The maximum atomic E-state index is 10.9. The average molecular weight is 352 g/mol. The summed E-state index contributed by atoms with van der Waals surface area (Å²) in [6, 6.07) is 16.5. The van der Waals surface area contributed by atoms with Gasteiger partial charge in [0.25, 0.3) is 5.69 Å². The van der Waals surface area contributed by atoms with E-state index >= 15 is 0 Å². The molecule has 3 aromatic rings. The first-order chi connectivity index (χ1) is 12.1. The third-order valence-electron chi connectivity index (χ3n) is 3.64. The molecule has 2 aromatic carbocycles. The van der Waals surface area contributed by atoms with Crippen LogP contribution in [0.4, 0.5) is 10.8 Å². The van der Waals surface area contributed by atoms with Crippen molar-refractivity contribution in [2.45, 2.75) is 12.8 Å². The molecule has 25 heavy (non-hydrogen) atoms. The summed E-state index contributed by atoms with van der Waals surface area (Å²) in [5.74, 6) is 0.185. The molecule has 0 spiro atoms. The van der Waals surface area contributed by atoms with Crippen molar-refractivity contribution in [3.8, 4) is 11.3 Å². The van der Waals surface area contributed by atoms with Gasteiger partial charge >= 0.3 is 0 Å². The Morgan fingerprint density at radius 3 is 2.80 bits per heavy atom. The molecule has 1 atom stereocenters. The number of nitro groups is 1. The second kappa shape index (κ2) is 7.67. The lowest BCUT2D eigenvalue weighted by Crippen LogP contribution is -1.97. The number of nitrogens with one attached hydrogen (secondary N) is 1. The van der Waals surface area contributed by atoms with E-state index in [0.717, 1.165) is 0 Å². The number of benzene rings is 2. The lowest BCUT2D eigenvalue weighted by molar-refractivity contribution is -0.384. The Morgan fingerprint density at radius 1 is 1.24 bits per heavy atom. The van der Waals surface area contributed by atoms with Crippen LogP contribution in [0.15, 0.2) is 65.1 Å². The van der Waals surface area contributed by atoms with Gasteiger partial charge in [-0.15, -0.1) is 11.3 Å². The van der Waals surface area contributed by atoms with Gasteiger partial charge in [-0.3, -0.25) is 15.5 Å². The molecule has 126 valence electrons. The Balaban J connectivity index is 1.67. The van der Waals surface area contributed by atoms with Crippen LogP contribution in [0.25, 0.3) is 11.3 Å². The van der Waals surface area contributed by atoms with Gasteiger partial charge in [-0.1, -0.05) is 49.4 Å². The van der Waals surface area contributed by atoms with Crippen LogP contribution in [0, 0.1) is 10.1 Å². The van der Waals surface area contributed by atoms with E-state index in [2.05, 4.69) is 34.6 Å². The molecule has 3 rings (SSSR count). The molecule has 1 N–H and O–H groups in total. The second-order valence-corrected chi connectivity index (χ2v) is 6.29. The van der Waals surface area contributed by atoms with Gasteiger partial charge in [0.15, 0.2) is 0 Å². The van der Waals surface area contributed by atoms with Gasteiger partial charge in [0, 0.05) is 35.2 Å². The SMILES string of the molecule is CC(/C=N\Nc1nc(-c2cccc([N+](=O)[O-])c2)cs1)c1ccccc1. The Morgan fingerprint density at radius 2 is 2.04 bits per heavy atom. The summed E-state index contributed by atoms with van der Waals surface area (Å²) in [5, 5.41) is 17.6. The largest absolute Gasteiger partial charge is 0.270 e. The van der Waals surface area contributed by atoms with Gasteiger partial charge in [-0.2, -0.15) is 5.10 Å². The van der Waals surface area contributed by atoms with E-state index in [0.29, 0.717) is 16.4 Å². The van der Waals surface area contributed by atoms with Crippen molar-refractivity contribution >= 4 is 28.4 Å². The van der Waals surface area contributed by atoms with Crippen LogP contribution in [0.1, 0.15) is 18.4 Å². The number of nitro benzene ring substituents is 1. The topological polar surface area (TPSA) is 80.4 Å². The van der Waals surface area contributed by atoms with Gasteiger partial charge in [0.2, 0.25) is 5.13 Å². The zero-order valence-electron chi connectivity index (χ0n) is 13.5. The molecule has 1 heterocycles. The minimum Gasteiger partial charge on any atom is -0.258 e. The quantitative estimate of drug-likeness (QED) is 0.388. The molecule has 1 aromatic heterocycles. The van der Waals surface area contributed by atoms with Crippen LogP contribution in [-0.4, -0.2) is 16.1 Å². The van der Waals surface area contributed by atoms with E-state index in [1.807, 2.05) is 29.8 Å². The third kappa shape index (κ3) is 4.27. The monoisotopic (exact) mass is 352 g/mol.